The number of nitrogens with one attached hydrogen (secondary N) is 1. The van der Waals surface area contributed by atoms with Crippen molar-refractivity contribution in [3.8, 4) is 11.5 Å². The first-order valence-electron chi connectivity index (χ1n) is 10.6. The van der Waals surface area contributed by atoms with Crippen molar-refractivity contribution < 1.29 is 23.9 Å². The van der Waals surface area contributed by atoms with Crippen LogP contribution in [0.15, 0.2) is 64.6 Å². The number of nitrogens with zero attached hydrogens (tertiary/aromatic N) is 1. The van der Waals surface area contributed by atoms with Crippen molar-refractivity contribution in [2.45, 2.75) is 13.5 Å². The van der Waals surface area contributed by atoms with Crippen LogP contribution in [-0.2, 0) is 16.2 Å². The zero-order valence-corrected chi connectivity index (χ0v) is 22.2. The number of methoxy groups -OCH3 is 1. The van der Waals surface area contributed by atoms with Crippen LogP contribution >= 0.6 is 39.1 Å². The summed E-state index contributed by atoms with van der Waals surface area (Å²) in [6.45, 7) is 2.07. The number of hydrogen-bond acceptors (Lipinski definition) is 5. The predicted molar refractivity (Wildman–Crippen MR) is 142 cm³/mol. The molecule has 3 aromatic rings. The van der Waals surface area contributed by atoms with Crippen LogP contribution in [-0.4, -0.2) is 25.0 Å². The lowest BCUT2D eigenvalue weighted by Gasteiger charge is -2.26. The molecule has 0 unspecified atom stereocenters. The fourth-order valence-electron chi connectivity index (χ4n) is 3.48. The Morgan fingerprint density at radius 3 is 2.42 bits per heavy atom. The minimum atomic E-state index is -0.855. The first kappa shape index (κ1) is 25.8. The molecule has 10 heteroatoms. The van der Waals surface area contributed by atoms with Crippen LogP contribution in [0.5, 0.6) is 11.5 Å². The molecule has 1 aliphatic heterocycles. The highest BCUT2D eigenvalue weighted by molar-refractivity contribution is 9.10. The van der Waals surface area contributed by atoms with E-state index in [1.54, 1.807) is 43.3 Å². The third-order valence-corrected chi connectivity index (χ3v) is 6.62. The Balaban J connectivity index is 1.64. The van der Waals surface area contributed by atoms with Gasteiger partial charge in [-0.25, -0.2) is 9.69 Å². The number of ether oxygens (including phenoxy) is 2. The Morgan fingerprint density at radius 2 is 1.75 bits per heavy atom. The van der Waals surface area contributed by atoms with Crippen LogP contribution in [0, 0.1) is 6.92 Å². The van der Waals surface area contributed by atoms with E-state index in [-0.39, 0.29) is 17.9 Å². The van der Waals surface area contributed by atoms with Gasteiger partial charge in [-0.2, -0.15) is 0 Å². The summed E-state index contributed by atoms with van der Waals surface area (Å²) in [5, 5.41) is 3.21. The number of benzene rings is 3. The molecule has 0 aliphatic carbocycles. The molecule has 3 aromatic carbocycles. The van der Waals surface area contributed by atoms with Gasteiger partial charge < -0.3 is 9.47 Å². The van der Waals surface area contributed by atoms with Crippen molar-refractivity contribution in [3.05, 3.63) is 91.4 Å². The van der Waals surface area contributed by atoms with Crippen LogP contribution in [0.3, 0.4) is 0 Å². The first-order valence-corrected chi connectivity index (χ1v) is 12.1. The largest absolute Gasteiger partial charge is 0.493 e. The highest BCUT2D eigenvalue weighted by atomic mass is 79.9. The molecule has 4 amide bonds. The molecule has 0 bridgehead atoms. The summed E-state index contributed by atoms with van der Waals surface area (Å²) in [6, 6.07) is 14.4. The second kappa shape index (κ2) is 10.7. The van der Waals surface area contributed by atoms with E-state index >= 15 is 0 Å². The van der Waals surface area contributed by atoms with Gasteiger partial charge in [0, 0.05) is 10.0 Å². The van der Waals surface area contributed by atoms with Crippen LogP contribution in [0.4, 0.5) is 10.5 Å². The quantitative estimate of drug-likeness (QED) is 0.269. The molecule has 0 aromatic heterocycles. The number of carbonyl (C=O) groups excluding carboxylic acids is 3. The number of urea groups is 1. The van der Waals surface area contributed by atoms with Crippen LogP contribution < -0.4 is 19.7 Å². The number of carbonyl (C=O) groups is 3. The zero-order chi connectivity index (χ0) is 26.0. The van der Waals surface area contributed by atoms with Gasteiger partial charge in [0.05, 0.1) is 17.3 Å². The molecule has 184 valence electrons. The molecular weight excluding hydrogens is 571 g/mol. The number of hydrogen-bond donors (Lipinski definition) is 1. The molecule has 7 nitrogen and oxygen atoms in total. The Labute approximate surface area is 225 Å². The summed E-state index contributed by atoms with van der Waals surface area (Å²) in [4.78, 5) is 39.1. The SMILES string of the molecule is COc1cc(/C=C2/C(=O)NC(=O)N(c3ccc(C)c(Cl)c3)C2=O)cc(Br)c1OCc1ccc(Cl)cc1. The highest BCUT2D eigenvalue weighted by Crippen LogP contribution is 2.38. The average Bonchev–Trinajstić information content (AvgIpc) is 2.84. The normalized spacial score (nSPS) is 14.8. The van der Waals surface area contributed by atoms with Gasteiger partial charge in [-0.1, -0.05) is 41.4 Å². The van der Waals surface area contributed by atoms with Gasteiger partial charge in [0.25, 0.3) is 11.8 Å². The monoisotopic (exact) mass is 588 g/mol. The van der Waals surface area contributed by atoms with E-state index in [0.29, 0.717) is 31.6 Å². The third-order valence-electron chi connectivity index (χ3n) is 5.37. The molecule has 1 N–H and O–H groups in total. The van der Waals surface area contributed by atoms with E-state index in [2.05, 4.69) is 21.2 Å². The average molecular weight is 590 g/mol. The van der Waals surface area contributed by atoms with E-state index in [1.807, 2.05) is 12.1 Å². The minimum Gasteiger partial charge on any atom is -0.493 e. The van der Waals surface area contributed by atoms with E-state index in [9.17, 15) is 14.4 Å². The fraction of sp³-hybridized carbons (Fsp3) is 0.115. The molecular formula is C26H19BrCl2N2O5. The van der Waals surface area contributed by atoms with Crippen molar-refractivity contribution in [2.75, 3.05) is 12.0 Å². The minimum absolute atomic E-state index is 0.227. The highest BCUT2D eigenvalue weighted by Gasteiger charge is 2.37. The van der Waals surface area contributed by atoms with Crippen LogP contribution in [0.1, 0.15) is 16.7 Å². The van der Waals surface area contributed by atoms with Crippen molar-refractivity contribution in [1.82, 2.24) is 5.32 Å². The molecule has 1 aliphatic rings. The van der Waals surface area contributed by atoms with Crippen molar-refractivity contribution in [1.29, 1.82) is 0 Å². The van der Waals surface area contributed by atoms with Gasteiger partial charge >= 0.3 is 6.03 Å². The van der Waals surface area contributed by atoms with Crippen LogP contribution in [0.25, 0.3) is 6.08 Å². The van der Waals surface area contributed by atoms with Gasteiger partial charge in [0.2, 0.25) is 0 Å². The topological polar surface area (TPSA) is 84.9 Å². The van der Waals surface area contributed by atoms with Gasteiger partial charge in [0.1, 0.15) is 12.2 Å². The standard InChI is InChI=1S/C26H19BrCl2N2O5/c1-14-3-8-18(12-21(14)29)31-25(33)19(24(32)30-26(31)34)9-16-10-20(27)23(22(11-16)35-2)36-13-15-4-6-17(28)7-5-15/h3-12H,13H2,1-2H3,(H,30,32,34)/b19-9-. The lowest BCUT2D eigenvalue weighted by molar-refractivity contribution is -0.122. The molecule has 36 heavy (non-hydrogen) atoms. The van der Waals surface area contributed by atoms with Gasteiger partial charge in [-0.3, -0.25) is 14.9 Å². The molecule has 0 spiro atoms. The molecule has 4 rings (SSSR count). The van der Waals surface area contributed by atoms with Gasteiger partial charge in [-0.05, 0) is 82.0 Å². The molecule has 0 saturated carbocycles. The number of imide groups is 2. The number of amides is 4. The first-order chi connectivity index (χ1) is 17.2. The maximum atomic E-state index is 13.2. The maximum absolute atomic E-state index is 13.2. The Hall–Kier alpha value is -3.33. The van der Waals surface area contributed by atoms with Gasteiger partial charge in [0.15, 0.2) is 11.5 Å². The van der Waals surface area contributed by atoms with Crippen molar-refractivity contribution in [2.24, 2.45) is 0 Å². The van der Waals surface area contributed by atoms with Crippen molar-refractivity contribution in [3.63, 3.8) is 0 Å². The summed E-state index contributed by atoms with van der Waals surface area (Å²) < 4.78 is 12.0. The number of halogens is 3. The second-order valence-corrected chi connectivity index (χ2v) is 9.54. The van der Waals surface area contributed by atoms with Crippen molar-refractivity contribution >= 4 is 68.7 Å². The zero-order valence-electron chi connectivity index (χ0n) is 19.1. The number of aryl methyl sites for hydroxylation is 1. The smallest absolute Gasteiger partial charge is 0.335 e. The second-order valence-electron chi connectivity index (χ2n) is 7.84. The molecule has 1 saturated heterocycles. The number of anilines is 1. The summed E-state index contributed by atoms with van der Waals surface area (Å²) in [5.74, 6) is -0.758. The lowest BCUT2D eigenvalue weighted by Crippen LogP contribution is -2.54. The maximum Gasteiger partial charge on any atom is 0.335 e. The fourth-order valence-corrected chi connectivity index (χ4v) is 4.35. The van der Waals surface area contributed by atoms with E-state index in [0.717, 1.165) is 16.0 Å². The van der Waals surface area contributed by atoms with E-state index < -0.39 is 17.8 Å². The Kier molecular flexibility index (Phi) is 7.68. The molecule has 1 fully saturated rings. The summed E-state index contributed by atoms with van der Waals surface area (Å²) in [7, 11) is 1.48. The lowest BCUT2D eigenvalue weighted by atomic mass is 10.1. The molecule has 0 atom stereocenters. The summed E-state index contributed by atoms with van der Waals surface area (Å²) in [6.07, 6.45) is 1.38. The number of barbiturate groups is 1. The van der Waals surface area contributed by atoms with E-state index in [1.165, 1.54) is 19.3 Å². The van der Waals surface area contributed by atoms with E-state index in [4.69, 9.17) is 32.7 Å². The number of rotatable bonds is 6. The third kappa shape index (κ3) is 5.41. The molecule has 1 heterocycles. The Morgan fingerprint density at radius 1 is 1.03 bits per heavy atom. The molecule has 0 radical (unpaired) electrons. The van der Waals surface area contributed by atoms with Gasteiger partial charge in [-0.15, -0.1) is 0 Å². The summed E-state index contributed by atoms with van der Waals surface area (Å²) in [5.41, 5.74) is 2.19. The summed E-state index contributed by atoms with van der Waals surface area (Å²) >= 11 is 15.6. The Bertz CT molecular complexity index is 1410. The predicted octanol–water partition coefficient (Wildman–Crippen LogP) is 6.32. The van der Waals surface area contributed by atoms with Crippen LogP contribution in [0.2, 0.25) is 10.0 Å².